The molecule has 70 valence electrons. The molecule has 0 aromatic carbocycles. The van der Waals surface area contributed by atoms with Gasteiger partial charge >= 0.3 is 8.03 Å². The van der Waals surface area contributed by atoms with Gasteiger partial charge in [-0.15, -0.1) is 4.52 Å². The van der Waals surface area contributed by atoms with Gasteiger partial charge in [0.05, 0.1) is 6.61 Å². The van der Waals surface area contributed by atoms with Crippen LogP contribution in [0.15, 0.2) is 0 Å². The van der Waals surface area contributed by atoms with Crippen LogP contribution in [0.2, 0.25) is 0 Å². The molecule has 12 heavy (non-hydrogen) atoms. The zero-order valence-corrected chi connectivity index (χ0v) is 7.96. The van der Waals surface area contributed by atoms with Gasteiger partial charge in [-0.25, -0.2) is 0 Å². The molecular weight excluding hydrogens is 177 g/mol. The second-order valence-corrected chi connectivity index (χ2v) is 4.07. The van der Waals surface area contributed by atoms with E-state index in [1.165, 1.54) is 0 Å². The summed E-state index contributed by atoms with van der Waals surface area (Å²) in [6, 6.07) is 0. The first-order valence-corrected chi connectivity index (χ1v) is 5.62. The molecule has 1 aliphatic heterocycles. The molecule has 0 radical (unpaired) electrons. The van der Waals surface area contributed by atoms with E-state index in [0.29, 0.717) is 12.7 Å². The molecule has 2 atom stereocenters. The Hall–Kier alpha value is -0.0200. The van der Waals surface area contributed by atoms with Gasteiger partial charge in [0, 0.05) is 12.8 Å². The van der Waals surface area contributed by atoms with Crippen LogP contribution in [0.5, 0.6) is 0 Å². The van der Waals surface area contributed by atoms with Gasteiger partial charge in [0.1, 0.15) is 0 Å². The lowest BCUT2D eigenvalue weighted by molar-refractivity contribution is -0.0338. The van der Waals surface area contributed by atoms with Gasteiger partial charge in [-0.3, -0.25) is 0 Å². The fraction of sp³-hybridized carbons (Fsp3) is 1.00. The van der Waals surface area contributed by atoms with E-state index in [2.05, 4.69) is 0 Å². The smallest absolute Gasteiger partial charge is 0.348 e. The Morgan fingerprint density at radius 2 is 2.50 bits per heavy atom. The molecule has 0 aliphatic carbocycles. The van der Waals surface area contributed by atoms with Crippen LogP contribution in [-0.4, -0.2) is 25.6 Å². The minimum atomic E-state index is -1.55. The first-order chi connectivity index (χ1) is 5.83. The van der Waals surface area contributed by atoms with Crippen LogP contribution in [-0.2, 0) is 13.8 Å². The molecule has 0 aromatic heterocycles. The number of nitrogens with two attached hydrogens (primary N) is 1. The maximum Gasteiger partial charge on any atom is 0.510 e. The lowest BCUT2D eigenvalue weighted by atomic mass is 10.4. The van der Waals surface area contributed by atoms with Crippen molar-refractivity contribution < 1.29 is 13.8 Å². The third-order valence-corrected chi connectivity index (χ3v) is 2.82. The summed E-state index contributed by atoms with van der Waals surface area (Å²) in [7, 11) is -1.55. The lowest BCUT2D eigenvalue weighted by Crippen LogP contribution is -2.07. The third kappa shape index (κ3) is 3.59. The highest BCUT2D eigenvalue weighted by atomic mass is 31.1. The molecule has 0 saturated carbocycles. The third-order valence-electron chi connectivity index (χ3n) is 1.67. The van der Waals surface area contributed by atoms with Gasteiger partial charge < -0.3 is 10.5 Å². The summed E-state index contributed by atoms with van der Waals surface area (Å²) in [4.78, 5) is 0. The average Bonchev–Trinajstić information content (AvgIpc) is 2.53. The molecule has 1 heterocycles. The molecule has 0 amide bonds. The number of hydrogen-bond acceptors (Lipinski definition) is 4. The second kappa shape index (κ2) is 5.60. The maximum absolute atomic E-state index is 11.1. The van der Waals surface area contributed by atoms with E-state index < -0.39 is 8.03 Å². The van der Waals surface area contributed by atoms with Crippen LogP contribution < -0.4 is 5.73 Å². The van der Waals surface area contributed by atoms with Crippen LogP contribution in [0.4, 0.5) is 0 Å². The molecule has 0 bridgehead atoms. The summed E-state index contributed by atoms with van der Waals surface area (Å²) < 4.78 is 21.5. The zero-order valence-electron chi connectivity index (χ0n) is 7.07. The highest BCUT2D eigenvalue weighted by Crippen LogP contribution is 2.29. The fourth-order valence-electron chi connectivity index (χ4n) is 1.04. The standard InChI is InChI=1S/C7H15NO3P/c8-4-2-6-12(9)11-7-3-1-5-10-7/h7H,1-6,8H2/q+1. The summed E-state index contributed by atoms with van der Waals surface area (Å²) in [6.45, 7) is 1.29. The molecule has 5 heteroatoms. The Labute approximate surface area is 73.3 Å². The number of hydrogen-bond donors (Lipinski definition) is 1. The van der Waals surface area contributed by atoms with Crippen LogP contribution >= 0.6 is 8.03 Å². The van der Waals surface area contributed by atoms with E-state index in [4.69, 9.17) is 15.0 Å². The van der Waals surface area contributed by atoms with Gasteiger partial charge in [0.15, 0.2) is 6.16 Å². The molecule has 0 aromatic rings. The molecule has 1 aliphatic rings. The molecule has 2 N–H and O–H groups in total. The van der Waals surface area contributed by atoms with Crippen LogP contribution in [0.1, 0.15) is 19.3 Å². The van der Waals surface area contributed by atoms with Crippen LogP contribution in [0.25, 0.3) is 0 Å². The molecule has 1 rings (SSSR count). The van der Waals surface area contributed by atoms with Crippen molar-refractivity contribution in [2.24, 2.45) is 5.73 Å². The van der Waals surface area contributed by atoms with Crippen molar-refractivity contribution in [3.63, 3.8) is 0 Å². The number of rotatable bonds is 5. The molecule has 1 fully saturated rings. The van der Waals surface area contributed by atoms with E-state index in [9.17, 15) is 4.57 Å². The van der Waals surface area contributed by atoms with E-state index >= 15 is 0 Å². The Kier molecular flexibility index (Phi) is 4.69. The maximum atomic E-state index is 11.1. The topological polar surface area (TPSA) is 61.6 Å². The minimum absolute atomic E-state index is 0.230. The van der Waals surface area contributed by atoms with Crippen LogP contribution in [0.3, 0.4) is 0 Å². The van der Waals surface area contributed by atoms with E-state index in [0.717, 1.165) is 25.9 Å². The van der Waals surface area contributed by atoms with Crippen molar-refractivity contribution in [1.82, 2.24) is 0 Å². The van der Waals surface area contributed by atoms with Crippen molar-refractivity contribution >= 4 is 8.03 Å². The first-order valence-electron chi connectivity index (χ1n) is 4.26. The Balaban J connectivity index is 2.08. The number of ether oxygens (including phenoxy) is 1. The predicted octanol–water partition coefficient (Wildman–Crippen LogP) is 1.23. The largest absolute Gasteiger partial charge is 0.510 e. The Morgan fingerprint density at radius 1 is 1.67 bits per heavy atom. The molecule has 1 saturated heterocycles. The van der Waals surface area contributed by atoms with E-state index in [1.807, 2.05) is 0 Å². The van der Waals surface area contributed by atoms with Crippen molar-refractivity contribution in [2.45, 2.75) is 25.6 Å². The van der Waals surface area contributed by atoms with Crippen LogP contribution in [0, 0.1) is 0 Å². The summed E-state index contributed by atoms with van der Waals surface area (Å²) in [5, 5.41) is 0. The quantitative estimate of drug-likeness (QED) is 0.665. The summed E-state index contributed by atoms with van der Waals surface area (Å²) in [5.74, 6) is 0. The Morgan fingerprint density at radius 3 is 3.08 bits per heavy atom. The lowest BCUT2D eigenvalue weighted by Gasteiger charge is -1.99. The van der Waals surface area contributed by atoms with Crippen molar-refractivity contribution in [1.29, 1.82) is 0 Å². The molecule has 0 spiro atoms. The normalized spacial score (nSPS) is 24.4. The first kappa shape index (κ1) is 10.1. The molecule has 2 unspecified atom stereocenters. The molecular formula is C7H15NO3P+. The highest BCUT2D eigenvalue weighted by Gasteiger charge is 2.27. The summed E-state index contributed by atoms with van der Waals surface area (Å²) in [6.07, 6.45) is 2.94. The summed E-state index contributed by atoms with van der Waals surface area (Å²) >= 11 is 0. The van der Waals surface area contributed by atoms with E-state index in [-0.39, 0.29) is 6.29 Å². The predicted molar refractivity (Wildman–Crippen MR) is 46.2 cm³/mol. The summed E-state index contributed by atoms with van der Waals surface area (Å²) in [5.41, 5.74) is 5.27. The fourth-order valence-corrected chi connectivity index (χ4v) is 2.01. The van der Waals surface area contributed by atoms with Gasteiger partial charge in [-0.1, -0.05) is 0 Å². The highest BCUT2D eigenvalue weighted by molar-refractivity contribution is 7.39. The van der Waals surface area contributed by atoms with Crippen molar-refractivity contribution in [2.75, 3.05) is 19.3 Å². The zero-order chi connectivity index (χ0) is 8.81. The van der Waals surface area contributed by atoms with Gasteiger partial charge in [0.2, 0.25) is 6.29 Å². The Bertz CT molecular complexity index is 148. The second-order valence-electron chi connectivity index (χ2n) is 2.75. The van der Waals surface area contributed by atoms with Gasteiger partial charge in [-0.05, 0) is 17.5 Å². The van der Waals surface area contributed by atoms with Crippen molar-refractivity contribution in [3.8, 4) is 0 Å². The van der Waals surface area contributed by atoms with Gasteiger partial charge in [-0.2, -0.15) is 0 Å². The minimum Gasteiger partial charge on any atom is -0.348 e. The SMILES string of the molecule is NCCC[P+](=O)OC1CCCO1. The van der Waals surface area contributed by atoms with Gasteiger partial charge in [0.25, 0.3) is 0 Å². The molecule has 4 nitrogen and oxygen atoms in total. The average molecular weight is 192 g/mol. The van der Waals surface area contributed by atoms with Crippen molar-refractivity contribution in [3.05, 3.63) is 0 Å². The van der Waals surface area contributed by atoms with E-state index in [1.54, 1.807) is 0 Å². The monoisotopic (exact) mass is 192 g/mol.